The number of nitrogen functional groups attached to an aromatic ring is 1. The van der Waals surface area contributed by atoms with Crippen LogP contribution in [-0.2, 0) is 9.53 Å². The van der Waals surface area contributed by atoms with Crippen LogP contribution in [0.5, 0.6) is 0 Å². The summed E-state index contributed by atoms with van der Waals surface area (Å²) in [6.07, 6.45) is 1.17. The molecule has 0 spiro atoms. The Morgan fingerprint density at radius 2 is 2.31 bits per heavy atom. The van der Waals surface area contributed by atoms with Crippen molar-refractivity contribution in [3.63, 3.8) is 0 Å². The second kappa shape index (κ2) is 6.32. The van der Waals surface area contributed by atoms with Crippen LogP contribution in [0.25, 0.3) is 0 Å². The zero-order chi connectivity index (χ0) is 12.0. The van der Waals surface area contributed by atoms with Gasteiger partial charge in [0.25, 0.3) is 0 Å². The minimum atomic E-state index is -0.190. The zero-order valence-electron chi connectivity index (χ0n) is 9.40. The fourth-order valence-corrected chi connectivity index (χ4v) is 1.96. The largest absolute Gasteiger partial charge is 0.469 e. The minimum absolute atomic E-state index is 0.190. The van der Waals surface area contributed by atoms with Gasteiger partial charge in [-0.15, -0.1) is 0 Å². The van der Waals surface area contributed by atoms with Crippen LogP contribution in [0, 0.1) is 6.92 Å². The second-order valence-electron chi connectivity index (χ2n) is 3.24. The number of methoxy groups -OCH3 is 1. The first kappa shape index (κ1) is 12.8. The first-order valence-electron chi connectivity index (χ1n) is 4.92. The van der Waals surface area contributed by atoms with E-state index in [1.54, 1.807) is 6.07 Å². The maximum absolute atomic E-state index is 10.8. The first-order chi connectivity index (χ1) is 7.61. The van der Waals surface area contributed by atoms with Crippen LogP contribution in [0.4, 0.5) is 5.82 Å². The average molecular weight is 241 g/mol. The highest BCUT2D eigenvalue weighted by Gasteiger charge is 2.03. The van der Waals surface area contributed by atoms with E-state index in [9.17, 15) is 4.79 Å². The van der Waals surface area contributed by atoms with Gasteiger partial charge in [-0.05, 0) is 13.3 Å². The fraction of sp³-hybridized carbons (Fsp3) is 0.500. The number of anilines is 1. The molecule has 1 rings (SSSR count). The number of aryl methyl sites for hydroxylation is 1. The lowest BCUT2D eigenvalue weighted by Gasteiger charge is -2.02. The number of rotatable bonds is 5. The zero-order valence-corrected chi connectivity index (χ0v) is 10.2. The topological polar surface area (TPSA) is 78.1 Å². The second-order valence-corrected chi connectivity index (χ2v) is 4.31. The molecule has 0 amide bonds. The number of hydrogen-bond acceptors (Lipinski definition) is 6. The lowest BCUT2D eigenvalue weighted by Crippen LogP contribution is -2.01. The number of hydrogen-bond donors (Lipinski definition) is 1. The van der Waals surface area contributed by atoms with E-state index in [1.165, 1.54) is 18.9 Å². The monoisotopic (exact) mass is 241 g/mol. The molecule has 0 saturated heterocycles. The number of nitrogens with two attached hydrogens (primary N) is 1. The Hall–Kier alpha value is -1.30. The third-order valence-corrected chi connectivity index (χ3v) is 2.77. The van der Waals surface area contributed by atoms with E-state index in [0.717, 1.165) is 17.9 Å². The smallest absolute Gasteiger partial charge is 0.305 e. The summed E-state index contributed by atoms with van der Waals surface area (Å²) in [4.78, 5) is 19.2. The Kier molecular flexibility index (Phi) is 5.04. The van der Waals surface area contributed by atoms with Gasteiger partial charge >= 0.3 is 5.97 Å². The Balaban J connectivity index is 2.34. The van der Waals surface area contributed by atoms with Crippen LogP contribution in [0.15, 0.2) is 11.2 Å². The maximum atomic E-state index is 10.8. The van der Waals surface area contributed by atoms with Crippen molar-refractivity contribution in [1.82, 2.24) is 9.97 Å². The summed E-state index contributed by atoms with van der Waals surface area (Å²) < 4.78 is 4.54. The number of ether oxygens (including phenoxy) is 1. The third kappa shape index (κ3) is 4.48. The first-order valence-corrected chi connectivity index (χ1v) is 5.91. The molecule has 1 aromatic heterocycles. The normalized spacial score (nSPS) is 10.1. The van der Waals surface area contributed by atoms with Crippen molar-refractivity contribution in [3.05, 3.63) is 11.8 Å². The third-order valence-electron chi connectivity index (χ3n) is 1.84. The van der Waals surface area contributed by atoms with Crippen LogP contribution in [0.1, 0.15) is 18.5 Å². The van der Waals surface area contributed by atoms with E-state index < -0.39 is 0 Å². The van der Waals surface area contributed by atoms with Crippen molar-refractivity contribution < 1.29 is 9.53 Å². The molecule has 0 aromatic carbocycles. The number of carbonyl (C=O) groups is 1. The molecule has 0 atom stereocenters. The van der Waals surface area contributed by atoms with Gasteiger partial charge in [0.15, 0.2) is 5.16 Å². The summed E-state index contributed by atoms with van der Waals surface area (Å²) in [6, 6.07) is 1.72. The molecule has 5 nitrogen and oxygen atoms in total. The SMILES string of the molecule is COC(=O)CCCSc1nc(C)cc(N)n1. The van der Waals surface area contributed by atoms with Crippen LogP contribution in [-0.4, -0.2) is 28.8 Å². The molecule has 2 N–H and O–H groups in total. The van der Waals surface area contributed by atoms with Gasteiger partial charge in [-0.1, -0.05) is 11.8 Å². The predicted molar refractivity (Wildman–Crippen MR) is 63.2 cm³/mol. The molecular formula is C10H15N3O2S. The van der Waals surface area contributed by atoms with Crippen molar-refractivity contribution in [2.24, 2.45) is 0 Å². The summed E-state index contributed by atoms with van der Waals surface area (Å²) >= 11 is 1.49. The standard InChI is InChI=1S/C10H15N3O2S/c1-7-6-8(11)13-10(12-7)16-5-3-4-9(14)15-2/h6H,3-5H2,1-2H3,(H2,11,12,13). The molecule has 16 heavy (non-hydrogen) atoms. The quantitative estimate of drug-likeness (QED) is 0.363. The van der Waals surface area contributed by atoms with Gasteiger partial charge in [0.1, 0.15) is 5.82 Å². The van der Waals surface area contributed by atoms with Crippen molar-refractivity contribution >= 4 is 23.5 Å². The highest BCUT2D eigenvalue weighted by molar-refractivity contribution is 7.99. The molecule has 0 unspecified atom stereocenters. The number of aromatic nitrogens is 2. The molecule has 1 heterocycles. The molecule has 0 aliphatic carbocycles. The van der Waals surface area contributed by atoms with E-state index in [4.69, 9.17) is 5.73 Å². The highest BCUT2D eigenvalue weighted by atomic mass is 32.2. The van der Waals surface area contributed by atoms with E-state index in [2.05, 4.69) is 14.7 Å². The van der Waals surface area contributed by atoms with Crippen molar-refractivity contribution in [1.29, 1.82) is 0 Å². The Bertz CT molecular complexity index is 351. The summed E-state index contributed by atoms with van der Waals surface area (Å²) in [6.45, 7) is 1.87. The van der Waals surface area contributed by atoms with Crippen molar-refractivity contribution in [2.45, 2.75) is 24.9 Å². The van der Waals surface area contributed by atoms with Crippen LogP contribution < -0.4 is 5.73 Å². The molecular weight excluding hydrogens is 226 g/mol. The predicted octanol–water partition coefficient (Wildman–Crippen LogP) is 1.41. The van der Waals surface area contributed by atoms with Gasteiger partial charge in [0.2, 0.25) is 0 Å². The van der Waals surface area contributed by atoms with Gasteiger partial charge in [-0.25, -0.2) is 9.97 Å². The van der Waals surface area contributed by atoms with Gasteiger partial charge < -0.3 is 10.5 Å². The Morgan fingerprint density at radius 1 is 1.56 bits per heavy atom. The lowest BCUT2D eigenvalue weighted by atomic mass is 10.3. The number of nitrogens with zero attached hydrogens (tertiary/aromatic N) is 2. The van der Waals surface area contributed by atoms with Crippen LogP contribution in [0.2, 0.25) is 0 Å². The highest BCUT2D eigenvalue weighted by Crippen LogP contribution is 2.16. The lowest BCUT2D eigenvalue weighted by molar-refractivity contribution is -0.140. The molecule has 0 saturated carbocycles. The molecule has 0 bridgehead atoms. The van der Waals surface area contributed by atoms with Crippen molar-refractivity contribution in [2.75, 3.05) is 18.6 Å². The fourth-order valence-electron chi connectivity index (χ4n) is 1.11. The Morgan fingerprint density at radius 3 is 2.94 bits per heavy atom. The molecule has 0 aliphatic heterocycles. The van der Waals surface area contributed by atoms with Gasteiger partial charge in [0, 0.05) is 23.9 Å². The summed E-state index contributed by atoms with van der Waals surface area (Å²) in [5.41, 5.74) is 6.44. The average Bonchev–Trinajstić information content (AvgIpc) is 2.22. The summed E-state index contributed by atoms with van der Waals surface area (Å²) in [7, 11) is 1.39. The molecule has 1 aromatic rings. The molecule has 0 radical (unpaired) electrons. The maximum Gasteiger partial charge on any atom is 0.305 e. The number of esters is 1. The molecule has 0 aliphatic rings. The summed E-state index contributed by atoms with van der Waals surface area (Å²) in [5.74, 6) is 1.06. The van der Waals surface area contributed by atoms with Gasteiger partial charge in [-0.2, -0.15) is 0 Å². The minimum Gasteiger partial charge on any atom is -0.469 e. The Labute approximate surface area is 98.8 Å². The number of thioether (sulfide) groups is 1. The van der Waals surface area contributed by atoms with Crippen LogP contribution >= 0.6 is 11.8 Å². The van der Waals surface area contributed by atoms with E-state index in [0.29, 0.717) is 17.4 Å². The van der Waals surface area contributed by atoms with E-state index in [-0.39, 0.29) is 5.97 Å². The molecule has 6 heteroatoms. The number of carbonyl (C=O) groups excluding carboxylic acids is 1. The van der Waals surface area contributed by atoms with E-state index >= 15 is 0 Å². The summed E-state index contributed by atoms with van der Waals surface area (Å²) in [5, 5.41) is 0.655. The molecule has 88 valence electrons. The van der Waals surface area contributed by atoms with Crippen LogP contribution in [0.3, 0.4) is 0 Å². The van der Waals surface area contributed by atoms with E-state index in [1.807, 2.05) is 6.92 Å². The van der Waals surface area contributed by atoms with Gasteiger partial charge in [0.05, 0.1) is 7.11 Å². The van der Waals surface area contributed by atoms with Crippen molar-refractivity contribution in [3.8, 4) is 0 Å². The molecule has 0 fully saturated rings. The van der Waals surface area contributed by atoms with Gasteiger partial charge in [-0.3, -0.25) is 4.79 Å².